The maximum atomic E-state index is 9.01. The molecule has 1 aromatic rings. The molecule has 0 saturated carbocycles. The molecule has 0 radical (unpaired) electrons. The summed E-state index contributed by atoms with van der Waals surface area (Å²) < 4.78 is 18.0. The van der Waals surface area contributed by atoms with E-state index < -0.39 is 12.6 Å². The molecule has 11 heavy (non-hydrogen) atoms. The van der Waals surface area contributed by atoms with Gasteiger partial charge in [-0.3, -0.25) is 0 Å². The number of hydrogen-bond acceptors (Lipinski definition) is 1. The normalized spacial score (nSPS) is 11.5. The first-order valence-corrected chi connectivity index (χ1v) is 8.83. The van der Waals surface area contributed by atoms with Crippen molar-refractivity contribution in [3.63, 3.8) is 0 Å². The van der Waals surface area contributed by atoms with Crippen molar-refractivity contribution >= 4 is 23.0 Å². The van der Waals surface area contributed by atoms with E-state index in [-0.39, 0.29) is 5.21 Å². The van der Waals surface area contributed by atoms with E-state index in [1.807, 2.05) is 30.3 Å². The van der Waals surface area contributed by atoms with Gasteiger partial charge in [-0.05, 0) is 0 Å². The van der Waals surface area contributed by atoms with Gasteiger partial charge < -0.3 is 0 Å². The van der Waals surface area contributed by atoms with Crippen molar-refractivity contribution in [3.05, 3.63) is 35.9 Å². The Hall–Kier alpha value is -0.0816. The molecule has 0 bridgehead atoms. The summed E-state index contributed by atoms with van der Waals surface area (Å²) in [6.45, 7) is 0. The van der Waals surface area contributed by atoms with Crippen LogP contribution in [0.4, 0.5) is 0 Å². The summed E-state index contributed by atoms with van der Waals surface area (Å²) in [7, 11) is 4.55. The molecule has 60 valence electrons. The van der Waals surface area contributed by atoms with Crippen molar-refractivity contribution in [2.75, 3.05) is 0 Å². The molecule has 2 N–H and O–H groups in total. The summed E-state index contributed by atoms with van der Waals surface area (Å²) in [5, 5.41) is 0.258. The number of rotatable bonds is 2. The first kappa shape index (κ1) is 9.01. The first-order chi connectivity index (χ1) is 5.08. The molecule has 0 aromatic heterocycles. The second kappa shape index (κ2) is 3.54. The van der Waals surface area contributed by atoms with E-state index in [1.165, 1.54) is 0 Å². The quantitative estimate of drug-likeness (QED) is 0.744. The van der Waals surface area contributed by atoms with E-state index >= 15 is 0 Å². The molecule has 0 heterocycles. The fourth-order valence-electron chi connectivity index (χ4n) is 0.821. The van der Waals surface area contributed by atoms with Crippen molar-refractivity contribution in [2.24, 2.45) is 0 Å². The molecule has 2 nitrogen and oxygen atoms in total. The monoisotopic (exact) mass is 232 g/mol. The van der Waals surface area contributed by atoms with Gasteiger partial charge in [-0.25, -0.2) is 0 Å². The molecular weight excluding hydrogens is 223 g/mol. The average Bonchev–Trinajstić information content (AvgIpc) is 1.85. The van der Waals surface area contributed by atoms with Gasteiger partial charge in [-0.1, -0.05) is 0 Å². The van der Waals surface area contributed by atoms with Crippen molar-refractivity contribution in [3.8, 4) is 0 Å². The fourth-order valence-corrected chi connectivity index (χ4v) is 3.04. The molecule has 1 aromatic carbocycles. The first-order valence-electron chi connectivity index (χ1n) is 3.16. The van der Waals surface area contributed by atoms with Gasteiger partial charge >= 0.3 is 72.2 Å². The molecule has 0 atom stereocenters. The van der Waals surface area contributed by atoms with Gasteiger partial charge in [-0.15, -0.1) is 0 Å². The molecule has 0 aliphatic heterocycles. The second-order valence-corrected chi connectivity index (χ2v) is 8.80. The fraction of sp³-hybridized carbons (Fsp3) is 0.143. The molecule has 0 aliphatic carbocycles. The molecule has 0 amide bonds. The van der Waals surface area contributed by atoms with Gasteiger partial charge in [0.15, 0.2) is 0 Å². The predicted molar refractivity (Wildman–Crippen MR) is 47.9 cm³/mol. The van der Waals surface area contributed by atoms with Crippen LogP contribution in [0.3, 0.4) is 0 Å². The Morgan fingerprint density at radius 1 is 1.18 bits per heavy atom. The number of hydrogen-bond donors (Lipinski definition) is 2. The summed E-state index contributed by atoms with van der Waals surface area (Å²) in [5.74, 6) is 0. The zero-order chi connectivity index (χ0) is 8.32. The standard InChI is InChI=1S/C7H9AsO2S/c9-8(10,11)6-7-4-2-1-3-5-7/h1-5H,6H2,(H2,9,10,11). The molecule has 0 saturated heterocycles. The Morgan fingerprint density at radius 2 is 1.73 bits per heavy atom. The summed E-state index contributed by atoms with van der Waals surface area (Å²) in [6, 6.07) is 9.28. The molecule has 0 fully saturated rings. The van der Waals surface area contributed by atoms with Crippen molar-refractivity contribution < 1.29 is 8.19 Å². The SMILES string of the molecule is O[As](O)(=S)Cc1ccccc1. The minimum absolute atomic E-state index is 0.258. The minimum atomic E-state index is -3.62. The van der Waals surface area contributed by atoms with Gasteiger partial charge in [0.1, 0.15) is 0 Å². The van der Waals surface area contributed by atoms with Crippen LogP contribution in [-0.2, 0) is 5.21 Å². The maximum absolute atomic E-state index is 9.01. The van der Waals surface area contributed by atoms with Crippen LogP contribution in [0.2, 0.25) is 0 Å². The third-order valence-electron chi connectivity index (χ3n) is 1.23. The van der Waals surface area contributed by atoms with Gasteiger partial charge in [0.2, 0.25) is 0 Å². The zero-order valence-corrected chi connectivity index (χ0v) is 8.54. The Balaban J connectivity index is 2.74. The van der Waals surface area contributed by atoms with Crippen molar-refractivity contribution in [1.29, 1.82) is 0 Å². The van der Waals surface area contributed by atoms with Crippen molar-refractivity contribution in [2.45, 2.75) is 5.21 Å². The van der Waals surface area contributed by atoms with Gasteiger partial charge in [-0.2, -0.15) is 0 Å². The van der Waals surface area contributed by atoms with Gasteiger partial charge in [0, 0.05) is 0 Å². The van der Waals surface area contributed by atoms with Crippen LogP contribution >= 0.6 is 10.4 Å². The van der Waals surface area contributed by atoms with E-state index in [0.717, 1.165) is 5.56 Å². The van der Waals surface area contributed by atoms with E-state index in [9.17, 15) is 0 Å². The summed E-state index contributed by atoms with van der Waals surface area (Å²) in [4.78, 5) is 0. The van der Waals surface area contributed by atoms with Crippen LogP contribution in [0.1, 0.15) is 5.56 Å². The Kier molecular flexibility index (Phi) is 2.90. The van der Waals surface area contributed by atoms with Crippen molar-refractivity contribution in [1.82, 2.24) is 0 Å². The molecule has 0 aliphatic rings. The Bertz CT molecular complexity index is 267. The van der Waals surface area contributed by atoms with Crippen LogP contribution in [0.5, 0.6) is 0 Å². The van der Waals surface area contributed by atoms with Gasteiger partial charge in [0.05, 0.1) is 0 Å². The zero-order valence-electron chi connectivity index (χ0n) is 5.84. The second-order valence-electron chi connectivity index (χ2n) is 2.31. The Labute approximate surface area is 72.4 Å². The van der Waals surface area contributed by atoms with Gasteiger partial charge in [0.25, 0.3) is 0 Å². The molecular formula is C7H9AsO2S. The molecule has 0 spiro atoms. The van der Waals surface area contributed by atoms with E-state index in [4.69, 9.17) is 8.19 Å². The third kappa shape index (κ3) is 3.73. The van der Waals surface area contributed by atoms with E-state index in [0.29, 0.717) is 0 Å². The molecule has 1 rings (SSSR count). The van der Waals surface area contributed by atoms with Crippen LogP contribution in [-0.4, -0.2) is 20.8 Å². The number of benzene rings is 1. The molecule has 4 heteroatoms. The summed E-state index contributed by atoms with van der Waals surface area (Å²) >= 11 is -3.62. The average molecular weight is 232 g/mol. The predicted octanol–water partition coefficient (Wildman–Crippen LogP) is 0.889. The Morgan fingerprint density at radius 3 is 2.18 bits per heavy atom. The van der Waals surface area contributed by atoms with Crippen LogP contribution < -0.4 is 0 Å². The summed E-state index contributed by atoms with van der Waals surface area (Å²) in [5.41, 5.74) is 0.903. The molecule has 0 unspecified atom stereocenters. The van der Waals surface area contributed by atoms with Crippen LogP contribution in [0.15, 0.2) is 30.3 Å². The topological polar surface area (TPSA) is 40.5 Å². The van der Waals surface area contributed by atoms with Crippen LogP contribution in [0.25, 0.3) is 0 Å². The van der Waals surface area contributed by atoms with Crippen LogP contribution in [0, 0.1) is 0 Å². The third-order valence-corrected chi connectivity index (χ3v) is 3.53. The summed E-state index contributed by atoms with van der Waals surface area (Å²) in [6.07, 6.45) is 0. The van der Waals surface area contributed by atoms with E-state index in [1.54, 1.807) is 0 Å². The van der Waals surface area contributed by atoms with E-state index in [2.05, 4.69) is 10.4 Å².